The lowest BCUT2D eigenvalue weighted by Crippen LogP contribution is -2.12. The molecule has 0 saturated heterocycles. The quantitative estimate of drug-likeness (QED) is 0.503. The molecule has 4 rings (SSSR count). The van der Waals surface area contributed by atoms with Crippen molar-refractivity contribution in [3.63, 3.8) is 0 Å². The maximum Gasteiger partial charge on any atom is 0.452 e. The van der Waals surface area contributed by atoms with Gasteiger partial charge in [-0.2, -0.15) is 13.2 Å². The van der Waals surface area contributed by atoms with Crippen LogP contribution in [0, 0.1) is 5.82 Å². The molecule has 0 aliphatic carbocycles. The molecule has 126 valence electrons. The number of alkyl halides is 3. The normalized spacial score (nSPS) is 12.2. The van der Waals surface area contributed by atoms with Gasteiger partial charge in [-0.05, 0) is 36.4 Å². The molecular formula is C15H7F4N5S. The van der Waals surface area contributed by atoms with E-state index in [0.717, 1.165) is 16.2 Å². The summed E-state index contributed by atoms with van der Waals surface area (Å²) in [6.45, 7) is 0. The van der Waals surface area contributed by atoms with Crippen molar-refractivity contribution in [3.05, 3.63) is 54.2 Å². The highest BCUT2D eigenvalue weighted by atomic mass is 32.2. The second kappa shape index (κ2) is 5.66. The average molecular weight is 365 g/mol. The Morgan fingerprint density at radius 2 is 1.72 bits per heavy atom. The summed E-state index contributed by atoms with van der Waals surface area (Å²) < 4.78 is 53.7. The molecule has 0 fully saturated rings. The molecule has 5 nitrogen and oxygen atoms in total. The first-order valence-corrected chi connectivity index (χ1v) is 7.75. The van der Waals surface area contributed by atoms with Crippen molar-refractivity contribution in [1.29, 1.82) is 0 Å². The highest BCUT2D eigenvalue weighted by Gasteiger charge is 2.38. The van der Waals surface area contributed by atoms with Crippen molar-refractivity contribution in [3.8, 4) is 0 Å². The minimum atomic E-state index is -4.69. The first-order valence-electron chi connectivity index (χ1n) is 6.94. The zero-order chi connectivity index (χ0) is 17.6. The predicted octanol–water partition coefficient (Wildman–Crippen LogP) is 3.98. The van der Waals surface area contributed by atoms with Crippen LogP contribution in [-0.2, 0) is 6.18 Å². The lowest BCUT2D eigenvalue weighted by Gasteiger charge is -2.09. The molecule has 0 aliphatic heterocycles. The average Bonchev–Trinajstić information content (AvgIpc) is 3.03. The van der Waals surface area contributed by atoms with Gasteiger partial charge in [0.05, 0.1) is 0 Å². The zero-order valence-corrected chi connectivity index (χ0v) is 13.0. The summed E-state index contributed by atoms with van der Waals surface area (Å²) in [5.41, 5.74) is 0.219. The molecule has 10 heteroatoms. The number of aromatic nitrogens is 5. The molecule has 0 aliphatic rings. The Bertz CT molecular complexity index is 1080. The first kappa shape index (κ1) is 15.8. The Morgan fingerprint density at radius 1 is 0.960 bits per heavy atom. The van der Waals surface area contributed by atoms with Crippen molar-refractivity contribution >= 4 is 28.6 Å². The molecule has 0 radical (unpaired) electrons. The number of rotatable bonds is 2. The van der Waals surface area contributed by atoms with E-state index in [1.807, 2.05) is 0 Å². The van der Waals surface area contributed by atoms with Gasteiger partial charge >= 0.3 is 6.18 Å². The van der Waals surface area contributed by atoms with Gasteiger partial charge in [-0.15, -0.1) is 10.2 Å². The molecule has 0 unspecified atom stereocenters. The number of hydrogen-bond acceptors (Lipinski definition) is 5. The third-order valence-corrected chi connectivity index (χ3v) is 4.31. The Kier molecular flexibility index (Phi) is 3.57. The van der Waals surface area contributed by atoms with Crippen LogP contribution >= 0.6 is 11.8 Å². The van der Waals surface area contributed by atoms with Crippen LogP contribution in [0.4, 0.5) is 17.6 Å². The Labute approximate surface area is 141 Å². The van der Waals surface area contributed by atoms with E-state index in [4.69, 9.17) is 0 Å². The van der Waals surface area contributed by atoms with E-state index in [2.05, 4.69) is 20.2 Å². The predicted molar refractivity (Wildman–Crippen MR) is 81.6 cm³/mol. The lowest BCUT2D eigenvalue weighted by atomic mass is 10.4. The van der Waals surface area contributed by atoms with Crippen molar-refractivity contribution in [2.45, 2.75) is 16.1 Å². The number of halogens is 4. The molecule has 0 saturated carbocycles. The summed E-state index contributed by atoms with van der Waals surface area (Å²) in [6, 6.07) is 8.65. The van der Waals surface area contributed by atoms with Crippen molar-refractivity contribution < 1.29 is 17.6 Å². The molecule has 0 atom stereocenters. The fraction of sp³-hybridized carbons (Fsp3) is 0.0667. The molecule has 0 amide bonds. The van der Waals surface area contributed by atoms with Crippen molar-refractivity contribution in [2.75, 3.05) is 0 Å². The number of fused-ring (bicyclic) bond motifs is 3. The summed E-state index contributed by atoms with van der Waals surface area (Å²) in [4.78, 5) is 8.92. The number of benzene rings is 1. The zero-order valence-electron chi connectivity index (χ0n) is 12.2. The second-order valence-corrected chi connectivity index (χ2v) is 6.06. The summed E-state index contributed by atoms with van der Waals surface area (Å²) in [5.74, 6) is -1.58. The molecule has 25 heavy (non-hydrogen) atoms. The molecule has 0 spiro atoms. The van der Waals surface area contributed by atoms with Gasteiger partial charge in [0, 0.05) is 11.1 Å². The van der Waals surface area contributed by atoms with E-state index in [-0.39, 0.29) is 21.8 Å². The van der Waals surface area contributed by atoms with E-state index < -0.39 is 17.8 Å². The van der Waals surface area contributed by atoms with Crippen molar-refractivity contribution in [2.24, 2.45) is 0 Å². The number of hydrogen-bond donors (Lipinski definition) is 0. The monoisotopic (exact) mass is 365 g/mol. The smallest absolute Gasteiger partial charge is 0.251 e. The van der Waals surface area contributed by atoms with Gasteiger partial charge in [-0.25, -0.2) is 14.4 Å². The number of nitrogens with zero attached hydrogens (tertiary/aromatic N) is 5. The Hall–Kier alpha value is -2.75. The Balaban J connectivity index is 1.97. The second-order valence-electron chi connectivity index (χ2n) is 5.00. The van der Waals surface area contributed by atoms with Crippen molar-refractivity contribution in [1.82, 2.24) is 24.6 Å². The molecule has 0 bridgehead atoms. The lowest BCUT2D eigenvalue weighted by molar-refractivity contribution is -0.145. The highest BCUT2D eigenvalue weighted by molar-refractivity contribution is 7.99. The van der Waals surface area contributed by atoms with Crippen LogP contribution in [0.25, 0.3) is 16.8 Å². The SMILES string of the molecule is Fc1ccc(Sc2nc3cccnc3n3c(C(F)(F)F)nnc23)cc1. The van der Waals surface area contributed by atoms with Gasteiger partial charge in [0.25, 0.3) is 0 Å². The summed E-state index contributed by atoms with van der Waals surface area (Å²) in [5, 5.41) is 7.13. The van der Waals surface area contributed by atoms with E-state index in [0.29, 0.717) is 4.90 Å². The van der Waals surface area contributed by atoms with Gasteiger partial charge in [-0.3, -0.25) is 4.40 Å². The van der Waals surface area contributed by atoms with Gasteiger partial charge in [0.15, 0.2) is 11.3 Å². The maximum atomic E-state index is 13.3. The highest BCUT2D eigenvalue weighted by Crippen LogP contribution is 2.34. The molecule has 3 aromatic heterocycles. The van der Waals surface area contributed by atoms with E-state index in [9.17, 15) is 17.6 Å². The molecule has 0 N–H and O–H groups in total. The van der Waals surface area contributed by atoms with Crippen LogP contribution in [0.2, 0.25) is 0 Å². The Morgan fingerprint density at radius 3 is 2.44 bits per heavy atom. The van der Waals surface area contributed by atoms with E-state index in [1.54, 1.807) is 12.1 Å². The molecule has 1 aromatic carbocycles. The van der Waals surface area contributed by atoms with Gasteiger partial charge in [-0.1, -0.05) is 11.8 Å². The standard InChI is InChI=1S/C15H7F4N5S/c16-8-3-5-9(6-4-8)25-13-12-22-23-14(15(17,18)19)24(12)11-10(21-13)2-1-7-20-11/h1-7H. The molecule has 3 heterocycles. The van der Waals surface area contributed by atoms with Gasteiger partial charge in [0.2, 0.25) is 5.82 Å². The summed E-state index contributed by atoms with van der Waals surface area (Å²) in [6.07, 6.45) is -3.32. The van der Waals surface area contributed by atoms with Crippen LogP contribution in [0.5, 0.6) is 0 Å². The van der Waals surface area contributed by atoms with Crippen LogP contribution in [0.1, 0.15) is 5.82 Å². The van der Waals surface area contributed by atoms with Crippen LogP contribution in [-0.4, -0.2) is 24.6 Å². The third kappa shape index (κ3) is 2.78. The van der Waals surface area contributed by atoms with Crippen LogP contribution in [0.15, 0.2) is 52.5 Å². The fourth-order valence-corrected chi connectivity index (χ4v) is 3.16. The van der Waals surface area contributed by atoms with E-state index >= 15 is 0 Å². The topological polar surface area (TPSA) is 56.0 Å². The summed E-state index contributed by atoms with van der Waals surface area (Å²) >= 11 is 1.07. The maximum absolute atomic E-state index is 13.3. The number of pyridine rings is 1. The van der Waals surface area contributed by atoms with Crippen LogP contribution in [0.3, 0.4) is 0 Å². The van der Waals surface area contributed by atoms with Gasteiger partial charge < -0.3 is 0 Å². The molecule has 4 aromatic rings. The fourth-order valence-electron chi connectivity index (χ4n) is 2.30. The third-order valence-electron chi connectivity index (χ3n) is 3.34. The van der Waals surface area contributed by atoms with E-state index in [1.165, 1.54) is 30.5 Å². The minimum Gasteiger partial charge on any atom is -0.251 e. The van der Waals surface area contributed by atoms with Gasteiger partial charge in [0.1, 0.15) is 16.4 Å². The van der Waals surface area contributed by atoms with Crippen LogP contribution < -0.4 is 0 Å². The molecular weight excluding hydrogens is 358 g/mol. The minimum absolute atomic E-state index is 0.0123. The largest absolute Gasteiger partial charge is 0.452 e. The summed E-state index contributed by atoms with van der Waals surface area (Å²) in [7, 11) is 0. The first-order chi connectivity index (χ1) is 11.9.